The smallest absolute Gasteiger partial charge is 0.301 e. The van der Waals surface area contributed by atoms with Crippen LogP contribution in [0.1, 0.15) is 22.8 Å². The van der Waals surface area contributed by atoms with Gasteiger partial charge in [-0.2, -0.15) is 0 Å². The molecule has 5 heterocycles. The first kappa shape index (κ1) is 37.3. The summed E-state index contributed by atoms with van der Waals surface area (Å²) in [5, 5.41) is 13.7. The number of fused-ring (bicyclic) bond motifs is 8. The van der Waals surface area contributed by atoms with E-state index in [4.69, 9.17) is 9.97 Å². The second-order valence-electron chi connectivity index (χ2n) is 14.7. The molecule has 0 amide bonds. The highest BCUT2D eigenvalue weighted by molar-refractivity contribution is 7.91. The van der Waals surface area contributed by atoms with Crippen LogP contribution in [0.4, 0.5) is 0 Å². The minimum Gasteiger partial charge on any atom is -0.354 e. The lowest BCUT2D eigenvalue weighted by Crippen LogP contribution is -2.11. The van der Waals surface area contributed by atoms with E-state index in [2.05, 4.69) is 9.97 Å². The summed E-state index contributed by atoms with van der Waals surface area (Å²) in [7, 11) is -4.13. The van der Waals surface area contributed by atoms with Crippen molar-refractivity contribution >= 4 is 55.3 Å². The van der Waals surface area contributed by atoms with E-state index in [1.807, 2.05) is 158 Å². The van der Waals surface area contributed by atoms with Gasteiger partial charge in [-0.1, -0.05) is 140 Å². The molecule has 8 bridgehead atoms. The van der Waals surface area contributed by atoms with Crippen molar-refractivity contribution in [3.8, 4) is 44.5 Å². The monoisotopic (exact) mass is 813 g/mol. The number of H-pyrrole nitrogens is 2. The number of nitrogens with one attached hydrogen (secondary N) is 2. The fraction of sp³-hybridized carbons (Fsp3) is 0.0196. The normalized spacial score (nSPS) is 12.5. The van der Waals surface area contributed by atoms with Crippen LogP contribution in [0, 0.1) is 10.1 Å². The topological polar surface area (TPSA) is 135 Å². The molecule has 0 spiro atoms. The Bertz CT molecular complexity index is 3340. The molecule has 61 heavy (non-hydrogen) atoms. The summed E-state index contributed by atoms with van der Waals surface area (Å²) in [6.07, 6.45) is 4.04. The maximum Gasteiger partial charge on any atom is 0.301 e. The standard InChI is InChI=1S/C51H35N5O4S/c57-56(58)51-38(32-61(59,60)37-24-14-5-15-25-37)49-47(35-20-10-3-11-21-35)43-30-28-41(53-43)45(33-16-6-1-7-17-33)39-26-27-40(52-39)46(34-18-8-2-9-19-34)42-29-31-44(54-42)48(50(51)55-49)36-22-12-4-13-23-36/h1-31,53-54H,32H2. The highest BCUT2D eigenvalue weighted by Crippen LogP contribution is 2.44. The van der Waals surface area contributed by atoms with Gasteiger partial charge in [-0.25, -0.2) is 18.4 Å². The van der Waals surface area contributed by atoms with Gasteiger partial charge in [0.25, 0.3) is 0 Å². The summed E-state index contributed by atoms with van der Waals surface area (Å²) in [5.74, 6) is -0.676. The molecule has 2 aliphatic rings. The third kappa shape index (κ3) is 6.84. The first-order chi connectivity index (χ1) is 29.8. The Morgan fingerprint density at radius 1 is 0.459 bits per heavy atom. The number of aromatic amines is 2. The van der Waals surface area contributed by atoms with E-state index >= 15 is 0 Å². The van der Waals surface area contributed by atoms with Crippen molar-refractivity contribution in [2.24, 2.45) is 0 Å². The fourth-order valence-corrected chi connectivity index (χ4v) is 9.65. The highest BCUT2D eigenvalue weighted by atomic mass is 32.2. The molecule has 0 unspecified atom stereocenters. The average Bonchev–Trinajstić information content (AvgIpc) is 4.13. The van der Waals surface area contributed by atoms with Crippen LogP contribution in [-0.2, 0) is 9.84 Å². The van der Waals surface area contributed by atoms with E-state index in [1.54, 1.807) is 18.2 Å². The number of nitrogens with zero attached hydrogens (tertiary/aromatic N) is 3. The Hall–Kier alpha value is -7.95. The van der Waals surface area contributed by atoms with Crippen LogP contribution in [-0.4, -0.2) is 39.0 Å². The zero-order chi connectivity index (χ0) is 41.5. The third-order valence-corrected chi connectivity index (χ3v) is 12.6. The first-order valence-corrected chi connectivity index (χ1v) is 21.4. The van der Waals surface area contributed by atoms with E-state index in [9.17, 15) is 18.5 Å². The third-order valence-electron chi connectivity index (χ3n) is 11.0. The molecule has 2 aliphatic heterocycles. The van der Waals surface area contributed by atoms with E-state index in [0.717, 1.165) is 44.7 Å². The first-order valence-electron chi connectivity index (χ1n) is 19.7. The van der Waals surface area contributed by atoms with E-state index in [1.165, 1.54) is 12.1 Å². The molecule has 0 saturated heterocycles. The van der Waals surface area contributed by atoms with Gasteiger partial charge in [-0.15, -0.1) is 0 Å². The van der Waals surface area contributed by atoms with Crippen LogP contribution < -0.4 is 0 Å². The number of sulfone groups is 1. The lowest BCUT2D eigenvalue weighted by atomic mass is 9.99. The number of hydrogen-bond donors (Lipinski definition) is 2. The molecular formula is C51H35N5O4S. The lowest BCUT2D eigenvalue weighted by molar-refractivity contribution is -0.374. The van der Waals surface area contributed by atoms with Gasteiger partial charge in [-0.05, 0) is 70.8 Å². The molecule has 0 aliphatic carbocycles. The minimum atomic E-state index is -4.13. The Balaban J connectivity index is 1.44. The van der Waals surface area contributed by atoms with Crippen LogP contribution in [0.25, 0.3) is 90.0 Å². The molecule has 5 aromatic carbocycles. The molecule has 8 aromatic rings. The molecule has 10 rings (SSSR count). The molecule has 2 N–H and O–H groups in total. The van der Waals surface area contributed by atoms with Crippen molar-refractivity contribution in [1.82, 2.24) is 19.9 Å². The molecular weight excluding hydrogens is 779 g/mol. The fourth-order valence-electron chi connectivity index (χ4n) is 8.26. The van der Waals surface area contributed by atoms with Crippen LogP contribution in [0.3, 0.4) is 0 Å². The molecule has 0 fully saturated rings. The SMILES string of the molecule is O=[N+]([O-])C1=C(CS(=O)(=O)c2ccccc2)c2nc1c(-c1ccccc1)c1ccc([nH]1)c(-c1ccccc1)c1nc(c(-c3ccccc3)c3ccc([nH]3)c2-c2ccccc2)C=C1. The number of rotatable bonds is 8. The predicted molar refractivity (Wildman–Crippen MR) is 244 cm³/mol. The minimum absolute atomic E-state index is 0.0193. The van der Waals surface area contributed by atoms with Crippen molar-refractivity contribution in [1.29, 1.82) is 0 Å². The van der Waals surface area contributed by atoms with E-state index in [0.29, 0.717) is 33.3 Å². The van der Waals surface area contributed by atoms with Crippen molar-refractivity contribution < 1.29 is 13.3 Å². The summed E-state index contributed by atoms with van der Waals surface area (Å²) in [6, 6.07) is 54.5. The van der Waals surface area contributed by atoms with Gasteiger partial charge >= 0.3 is 5.70 Å². The average molecular weight is 814 g/mol. The van der Waals surface area contributed by atoms with Gasteiger partial charge in [0.2, 0.25) is 0 Å². The Morgan fingerprint density at radius 3 is 1.23 bits per heavy atom. The maximum absolute atomic E-state index is 14.4. The van der Waals surface area contributed by atoms with Gasteiger partial charge in [0, 0.05) is 44.3 Å². The number of benzene rings is 5. The number of hydrogen-bond acceptors (Lipinski definition) is 6. The van der Waals surface area contributed by atoms with Crippen molar-refractivity contribution in [3.05, 3.63) is 209 Å². The molecule has 294 valence electrons. The molecule has 10 heteroatoms. The zero-order valence-electron chi connectivity index (χ0n) is 32.5. The largest absolute Gasteiger partial charge is 0.354 e. The van der Waals surface area contributed by atoms with Gasteiger partial charge in [0.15, 0.2) is 15.5 Å². The van der Waals surface area contributed by atoms with Crippen LogP contribution in [0.2, 0.25) is 0 Å². The quantitative estimate of drug-likeness (QED) is 0.116. The summed E-state index contributed by atoms with van der Waals surface area (Å²) in [4.78, 5) is 31.1. The van der Waals surface area contributed by atoms with Gasteiger partial charge in [0.1, 0.15) is 0 Å². The Kier molecular flexibility index (Phi) is 9.38. The van der Waals surface area contributed by atoms with E-state index < -0.39 is 20.5 Å². The number of nitro groups is 1. The van der Waals surface area contributed by atoms with Gasteiger partial charge < -0.3 is 9.97 Å². The zero-order valence-corrected chi connectivity index (χ0v) is 33.3. The van der Waals surface area contributed by atoms with Crippen molar-refractivity contribution in [3.63, 3.8) is 0 Å². The lowest BCUT2D eigenvalue weighted by Gasteiger charge is -2.10. The molecule has 9 nitrogen and oxygen atoms in total. The highest BCUT2D eigenvalue weighted by Gasteiger charge is 2.38. The number of aromatic nitrogens is 4. The molecule has 0 atom stereocenters. The Labute approximate surface area is 351 Å². The summed E-state index contributed by atoms with van der Waals surface area (Å²) in [5.41, 5.74) is 9.70. The van der Waals surface area contributed by atoms with Crippen LogP contribution in [0.5, 0.6) is 0 Å². The predicted octanol–water partition coefficient (Wildman–Crippen LogP) is 11.8. The summed E-state index contributed by atoms with van der Waals surface area (Å²) >= 11 is 0. The second kappa shape index (κ2) is 15.3. The van der Waals surface area contributed by atoms with Gasteiger partial charge in [-0.3, -0.25) is 10.1 Å². The Morgan fingerprint density at radius 2 is 0.820 bits per heavy atom. The maximum atomic E-state index is 14.4. The second-order valence-corrected chi connectivity index (χ2v) is 16.7. The van der Waals surface area contributed by atoms with Crippen molar-refractivity contribution in [2.75, 3.05) is 5.75 Å². The molecule has 3 aromatic heterocycles. The van der Waals surface area contributed by atoms with Gasteiger partial charge in [0.05, 0.1) is 38.2 Å². The summed E-state index contributed by atoms with van der Waals surface area (Å²) in [6.45, 7) is 0. The molecule has 0 radical (unpaired) electrons. The molecule has 0 saturated carbocycles. The summed E-state index contributed by atoms with van der Waals surface area (Å²) < 4.78 is 28.8. The van der Waals surface area contributed by atoms with Crippen LogP contribution in [0.15, 0.2) is 181 Å². The van der Waals surface area contributed by atoms with Crippen molar-refractivity contribution in [2.45, 2.75) is 4.90 Å². The van der Waals surface area contributed by atoms with E-state index in [-0.39, 0.29) is 27.6 Å². The van der Waals surface area contributed by atoms with Crippen LogP contribution >= 0.6 is 0 Å².